The number of hydrogen-bond acceptors (Lipinski definition) is 9. The minimum Gasteiger partial charge on any atom is -0.445 e. The highest BCUT2D eigenvalue weighted by Crippen LogP contribution is 2.32. The van der Waals surface area contributed by atoms with Crippen LogP contribution in [0.5, 0.6) is 0 Å². The maximum absolute atomic E-state index is 12.9. The Kier molecular flexibility index (Phi) is 9.57. The van der Waals surface area contributed by atoms with E-state index < -0.39 is 46.1 Å². The summed E-state index contributed by atoms with van der Waals surface area (Å²) in [6.07, 6.45) is 1.48. The van der Waals surface area contributed by atoms with E-state index in [2.05, 4.69) is 25.3 Å². The topological polar surface area (TPSA) is 160 Å². The summed E-state index contributed by atoms with van der Waals surface area (Å²) in [4.78, 5) is 49.5. The Balaban J connectivity index is 2.06. The smallest absolute Gasteiger partial charge is 0.410 e. The summed E-state index contributed by atoms with van der Waals surface area (Å²) >= 11 is 9.07. The van der Waals surface area contributed by atoms with Crippen LogP contribution < -0.4 is 5.73 Å². The lowest BCUT2D eigenvalue weighted by atomic mass is 9.97. The molecule has 13 heteroatoms. The van der Waals surface area contributed by atoms with E-state index in [-0.39, 0.29) is 30.5 Å². The molecular formula is C21H27N5O6S2. The van der Waals surface area contributed by atoms with Crippen LogP contribution >= 0.6 is 25.3 Å². The number of carbonyl (C=O) groups is 3. The van der Waals surface area contributed by atoms with Crippen molar-refractivity contribution in [2.75, 3.05) is 6.54 Å². The third-order valence-electron chi connectivity index (χ3n) is 5.64. The summed E-state index contributed by atoms with van der Waals surface area (Å²) in [5, 5.41) is 19.4. The molecule has 1 fully saturated rings. The average Bonchev–Trinajstić information content (AvgIpc) is 3.18. The second-order valence-electron chi connectivity index (χ2n) is 8.19. The Labute approximate surface area is 208 Å². The standard InChI is InChI=1S/C21H27N5O6S2/c1-12(7-18(23)27)25(11-22)20(28)13(2)19(34)17-8-16(33)9-24(17)21(29)32-10-14-3-5-15(6-4-14)26(30)31/h3-6,12-13,16-17,19,33-34H,7-10H2,1-2H3,(H2,23,27)/t12?,13?,16-,17-,19?/m0/s1. The zero-order chi connectivity index (χ0) is 25.6. The number of non-ortho nitro benzene ring substituents is 1. The summed E-state index contributed by atoms with van der Waals surface area (Å²) < 4.78 is 5.38. The largest absolute Gasteiger partial charge is 0.445 e. The van der Waals surface area contributed by atoms with Crippen molar-refractivity contribution in [1.82, 2.24) is 9.80 Å². The number of thiol groups is 2. The van der Waals surface area contributed by atoms with E-state index in [1.807, 2.05) is 0 Å². The molecule has 1 aromatic carbocycles. The van der Waals surface area contributed by atoms with Gasteiger partial charge in [-0.3, -0.25) is 19.7 Å². The molecule has 2 rings (SSSR count). The van der Waals surface area contributed by atoms with E-state index in [9.17, 15) is 29.8 Å². The van der Waals surface area contributed by atoms with Gasteiger partial charge in [-0.1, -0.05) is 6.92 Å². The van der Waals surface area contributed by atoms with Gasteiger partial charge in [0.15, 0.2) is 6.19 Å². The zero-order valence-corrected chi connectivity index (χ0v) is 20.5. The van der Waals surface area contributed by atoms with Crippen molar-refractivity contribution >= 4 is 48.9 Å². The molecular weight excluding hydrogens is 482 g/mol. The molecule has 5 atom stereocenters. The quantitative estimate of drug-likeness (QED) is 0.151. The van der Waals surface area contributed by atoms with E-state index in [0.29, 0.717) is 12.0 Å². The third-order valence-corrected chi connectivity index (χ3v) is 6.81. The summed E-state index contributed by atoms with van der Waals surface area (Å²) in [5.74, 6) is -1.92. The molecule has 1 saturated heterocycles. The van der Waals surface area contributed by atoms with Gasteiger partial charge in [0.1, 0.15) is 6.61 Å². The van der Waals surface area contributed by atoms with Gasteiger partial charge in [-0.2, -0.15) is 30.5 Å². The molecule has 11 nitrogen and oxygen atoms in total. The number of hydrogen-bond donors (Lipinski definition) is 3. The molecule has 2 N–H and O–H groups in total. The van der Waals surface area contributed by atoms with Crippen LogP contribution in [0.2, 0.25) is 0 Å². The normalized spacial score (nSPS) is 20.0. The van der Waals surface area contributed by atoms with Gasteiger partial charge in [-0.05, 0) is 31.0 Å². The molecule has 1 heterocycles. The van der Waals surface area contributed by atoms with Crippen LogP contribution in [-0.4, -0.2) is 61.8 Å². The molecule has 0 radical (unpaired) electrons. The van der Waals surface area contributed by atoms with Crippen LogP contribution in [0.15, 0.2) is 24.3 Å². The minimum absolute atomic E-state index is 0.0688. The van der Waals surface area contributed by atoms with E-state index in [0.717, 1.165) is 4.90 Å². The summed E-state index contributed by atoms with van der Waals surface area (Å²) in [5.41, 5.74) is 5.69. The Morgan fingerprint density at radius 2 is 1.97 bits per heavy atom. The maximum atomic E-state index is 12.9. The number of ether oxygens (including phenoxy) is 1. The van der Waals surface area contributed by atoms with Crippen LogP contribution in [0.3, 0.4) is 0 Å². The molecule has 0 aromatic heterocycles. The number of nitro benzene ring substituents is 1. The van der Waals surface area contributed by atoms with Crippen molar-refractivity contribution < 1.29 is 24.0 Å². The molecule has 0 spiro atoms. The van der Waals surface area contributed by atoms with E-state index in [1.165, 1.54) is 29.2 Å². The SMILES string of the molecule is CC(C(=O)N(C#N)C(C)CC(N)=O)C(S)[C@@H]1C[C@H](S)CN1C(=O)OCc1ccc([N+](=O)[O-])cc1. The first-order valence-electron chi connectivity index (χ1n) is 10.5. The second kappa shape index (κ2) is 11.9. The molecule has 184 valence electrons. The van der Waals surface area contributed by atoms with Gasteiger partial charge in [-0.15, -0.1) is 0 Å². The lowest BCUT2D eigenvalue weighted by Crippen LogP contribution is -2.48. The Bertz CT molecular complexity index is 969. The summed E-state index contributed by atoms with van der Waals surface area (Å²) in [6.45, 7) is 3.35. The van der Waals surface area contributed by atoms with Gasteiger partial charge in [0.05, 0.1) is 11.0 Å². The van der Waals surface area contributed by atoms with Crippen LogP contribution in [-0.2, 0) is 20.9 Å². The Morgan fingerprint density at radius 3 is 2.50 bits per heavy atom. The fourth-order valence-electron chi connectivity index (χ4n) is 3.76. The highest BCUT2D eigenvalue weighted by Gasteiger charge is 2.42. The number of nitro groups is 1. The number of primary amides is 1. The average molecular weight is 510 g/mol. The van der Waals surface area contributed by atoms with Crippen molar-refractivity contribution in [3.05, 3.63) is 39.9 Å². The highest BCUT2D eigenvalue weighted by molar-refractivity contribution is 7.81. The van der Waals surface area contributed by atoms with Crippen molar-refractivity contribution in [3.8, 4) is 6.19 Å². The van der Waals surface area contributed by atoms with Gasteiger partial charge in [-0.25, -0.2) is 9.69 Å². The fraction of sp³-hybridized carbons (Fsp3) is 0.524. The number of nitrogens with zero attached hydrogens (tertiary/aromatic N) is 4. The number of rotatable bonds is 9. The van der Waals surface area contributed by atoms with Gasteiger partial charge in [0.25, 0.3) is 5.69 Å². The van der Waals surface area contributed by atoms with Crippen LogP contribution in [0.4, 0.5) is 10.5 Å². The number of nitriles is 1. The Morgan fingerprint density at radius 1 is 1.35 bits per heavy atom. The third kappa shape index (κ3) is 6.77. The second-order valence-corrected chi connectivity index (χ2v) is 9.52. The highest BCUT2D eigenvalue weighted by atomic mass is 32.1. The Hall–Kier alpha value is -2.98. The molecule has 1 aliphatic rings. The van der Waals surface area contributed by atoms with Crippen molar-refractivity contribution in [2.45, 2.75) is 55.9 Å². The van der Waals surface area contributed by atoms with Gasteiger partial charge in [0.2, 0.25) is 11.8 Å². The van der Waals surface area contributed by atoms with Gasteiger partial charge in [0, 0.05) is 47.6 Å². The maximum Gasteiger partial charge on any atom is 0.410 e. The van der Waals surface area contributed by atoms with E-state index >= 15 is 0 Å². The monoisotopic (exact) mass is 509 g/mol. The molecule has 1 aliphatic heterocycles. The molecule has 3 amide bonds. The molecule has 0 aliphatic carbocycles. The number of likely N-dealkylation sites (tertiary alicyclic amines) is 1. The molecule has 0 bridgehead atoms. The number of benzene rings is 1. The van der Waals surface area contributed by atoms with Gasteiger partial charge >= 0.3 is 6.09 Å². The lowest BCUT2D eigenvalue weighted by molar-refractivity contribution is -0.384. The first-order valence-corrected chi connectivity index (χ1v) is 11.5. The van der Waals surface area contributed by atoms with Crippen LogP contribution in [0, 0.1) is 27.5 Å². The first-order chi connectivity index (χ1) is 16.0. The number of carbonyl (C=O) groups excluding carboxylic acids is 3. The zero-order valence-electron chi connectivity index (χ0n) is 18.7. The summed E-state index contributed by atoms with van der Waals surface area (Å²) in [6, 6.07) is 4.45. The van der Waals surface area contributed by atoms with E-state index in [1.54, 1.807) is 20.0 Å². The molecule has 3 unspecified atom stereocenters. The number of nitrogens with two attached hydrogens (primary N) is 1. The van der Waals surface area contributed by atoms with Crippen molar-refractivity contribution in [3.63, 3.8) is 0 Å². The van der Waals surface area contributed by atoms with Gasteiger partial charge < -0.3 is 15.4 Å². The van der Waals surface area contributed by atoms with Crippen molar-refractivity contribution in [1.29, 1.82) is 5.26 Å². The number of amides is 3. The van der Waals surface area contributed by atoms with Crippen LogP contribution in [0.25, 0.3) is 0 Å². The first kappa shape index (κ1) is 27.3. The summed E-state index contributed by atoms with van der Waals surface area (Å²) in [7, 11) is 0. The molecule has 34 heavy (non-hydrogen) atoms. The predicted octanol–water partition coefficient (Wildman–Crippen LogP) is 2.11. The predicted molar refractivity (Wildman–Crippen MR) is 129 cm³/mol. The lowest BCUT2D eigenvalue weighted by Gasteiger charge is -2.33. The van der Waals surface area contributed by atoms with E-state index in [4.69, 9.17) is 10.5 Å². The molecule has 0 saturated carbocycles. The van der Waals surface area contributed by atoms with Crippen LogP contribution in [0.1, 0.15) is 32.3 Å². The minimum atomic E-state index is -0.757. The van der Waals surface area contributed by atoms with Crippen molar-refractivity contribution in [2.24, 2.45) is 11.7 Å². The molecule has 1 aromatic rings. The fourth-order valence-corrected chi connectivity index (χ4v) is 4.57.